The molecule has 7 heteroatoms. The summed E-state index contributed by atoms with van der Waals surface area (Å²) in [5.74, 6) is 0. The van der Waals surface area contributed by atoms with Crippen LogP contribution in [-0.2, 0) is 12.6 Å². The molecule has 0 aliphatic carbocycles. The largest absolute Gasteiger partial charge is 0.418 e. The molecule has 1 heterocycles. The van der Waals surface area contributed by atoms with Crippen molar-refractivity contribution in [1.29, 1.82) is 5.26 Å². The summed E-state index contributed by atoms with van der Waals surface area (Å²) in [5.41, 5.74) is -1.32. The topological polar surface area (TPSA) is 58.7 Å². The third kappa shape index (κ3) is 2.94. The Kier molecular flexibility index (Phi) is 3.80. The molecule has 21 heavy (non-hydrogen) atoms. The third-order valence-electron chi connectivity index (χ3n) is 2.86. The lowest BCUT2D eigenvalue weighted by Gasteiger charge is -2.16. The maximum absolute atomic E-state index is 13.0. The van der Waals surface area contributed by atoms with E-state index < -0.39 is 17.2 Å². The van der Waals surface area contributed by atoms with Gasteiger partial charge in [-0.15, -0.1) is 0 Å². The smallest absolute Gasteiger partial charge is 0.288 e. The Hall–Kier alpha value is -2.62. The van der Waals surface area contributed by atoms with Crippen LogP contribution in [0.15, 0.2) is 35.1 Å². The molecule has 0 N–H and O–H groups in total. The van der Waals surface area contributed by atoms with Gasteiger partial charge in [-0.1, -0.05) is 12.1 Å². The molecule has 108 valence electrons. The monoisotopic (exact) mass is 293 g/mol. The van der Waals surface area contributed by atoms with Crippen molar-refractivity contribution < 1.29 is 13.2 Å². The van der Waals surface area contributed by atoms with Crippen molar-refractivity contribution in [2.45, 2.75) is 19.5 Å². The van der Waals surface area contributed by atoms with Crippen LogP contribution in [0.2, 0.25) is 0 Å². The fraction of sp³-hybridized carbons (Fsp3) is 0.214. The second-order valence-corrected chi connectivity index (χ2v) is 4.36. The van der Waals surface area contributed by atoms with Gasteiger partial charge in [-0.3, -0.25) is 4.79 Å². The van der Waals surface area contributed by atoms with Gasteiger partial charge in [0.25, 0.3) is 0 Å². The molecule has 0 aliphatic rings. The number of rotatable bonds is 2. The van der Waals surface area contributed by atoms with E-state index in [-0.39, 0.29) is 23.5 Å². The molecular weight excluding hydrogens is 283 g/mol. The van der Waals surface area contributed by atoms with Crippen molar-refractivity contribution in [2.75, 3.05) is 0 Å². The van der Waals surface area contributed by atoms with Crippen LogP contribution in [-0.4, -0.2) is 9.78 Å². The van der Waals surface area contributed by atoms with E-state index in [0.717, 1.165) is 10.7 Å². The van der Waals surface area contributed by atoms with E-state index in [9.17, 15) is 18.0 Å². The highest BCUT2D eigenvalue weighted by Crippen LogP contribution is 2.33. The number of hydrogen-bond acceptors (Lipinski definition) is 3. The van der Waals surface area contributed by atoms with Gasteiger partial charge in [0.2, 0.25) is 5.43 Å². The van der Waals surface area contributed by atoms with Crippen LogP contribution in [0.3, 0.4) is 0 Å². The van der Waals surface area contributed by atoms with Gasteiger partial charge in [-0.05, 0) is 19.1 Å². The van der Waals surface area contributed by atoms with Gasteiger partial charge < -0.3 is 0 Å². The molecule has 4 nitrogen and oxygen atoms in total. The number of nitriles is 1. The van der Waals surface area contributed by atoms with Crippen LogP contribution in [0.1, 0.15) is 17.0 Å². The van der Waals surface area contributed by atoms with Gasteiger partial charge in [0, 0.05) is 11.8 Å². The van der Waals surface area contributed by atoms with Crippen molar-refractivity contribution in [1.82, 2.24) is 9.78 Å². The first-order chi connectivity index (χ1) is 9.84. The van der Waals surface area contributed by atoms with E-state index in [4.69, 9.17) is 5.26 Å². The lowest BCUT2D eigenvalue weighted by molar-refractivity contribution is -0.137. The Balaban J connectivity index is 2.71. The Morgan fingerprint density at radius 3 is 2.62 bits per heavy atom. The molecule has 0 fully saturated rings. The van der Waals surface area contributed by atoms with Crippen LogP contribution in [0.4, 0.5) is 13.2 Å². The highest BCUT2D eigenvalue weighted by Gasteiger charge is 2.34. The summed E-state index contributed by atoms with van der Waals surface area (Å²) < 4.78 is 40.2. The Morgan fingerprint density at radius 2 is 2.00 bits per heavy atom. The molecule has 0 radical (unpaired) electrons. The number of benzene rings is 1. The number of halogens is 3. The minimum atomic E-state index is -4.54. The van der Waals surface area contributed by atoms with Crippen molar-refractivity contribution in [3.05, 3.63) is 57.5 Å². The summed E-state index contributed by atoms with van der Waals surface area (Å²) in [6.07, 6.45) is -4.80. The quantitative estimate of drug-likeness (QED) is 0.855. The molecule has 0 spiro atoms. The fourth-order valence-electron chi connectivity index (χ4n) is 1.92. The van der Waals surface area contributed by atoms with Crippen molar-refractivity contribution in [3.8, 4) is 11.8 Å². The molecule has 0 atom stereocenters. The first-order valence-electron chi connectivity index (χ1n) is 5.98. The van der Waals surface area contributed by atoms with Crippen molar-refractivity contribution >= 4 is 0 Å². The van der Waals surface area contributed by atoms with E-state index >= 15 is 0 Å². The van der Waals surface area contributed by atoms with Crippen LogP contribution >= 0.6 is 0 Å². The Bertz CT molecular complexity index is 772. The standard InChI is InChI=1S/C14H10F3N3O/c1-9-8-13(21)11(6-7-18)19-20(9)12-5-3-2-4-10(12)14(15,16)17/h2-5,8H,6H2,1H3. The zero-order chi connectivity index (χ0) is 15.6. The maximum atomic E-state index is 13.0. The number of aryl methyl sites for hydroxylation is 1. The minimum absolute atomic E-state index is 0.0833. The second kappa shape index (κ2) is 5.40. The predicted molar refractivity (Wildman–Crippen MR) is 68.9 cm³/mol. The van der Waals surface area contributed by atoms with Gasteiger partial charge in [-0.25, -0.2) is 4.68 Å². The first-order valence-corrected chi connectivity index (χ1v) is 5.98. The van der Waals surface area contributed by atoms with Crippen LogP contribution in [0.25, 0.3) is 5.69 Å². The number of nitrogens with zero attached hydrogens (tertiary/aromatic N) is 3. The number of para-hydroxylation sites is 1. The zero-order valence-corrected chi connectivity index (χ0v) is 11.0. The molecule has 0 amide bonds. The lowest BCUT2D eigenvalue weighted by atomic mass is 10.1. The summed E-state index contributed by atoms with van der Waals surface area (Å²) >= 11 is 0. The molecule has 2 aromatic rings. The minimum Gasteiger partial charge on any atom is -0.288 e. The predicted octanol–water partition coefficient (Wildman–Crippen LogP) is 2.63. The first kappa shape index (κ1) is 14.8. The van der Waals surface area contributed by atoms with Crippen LogP contribution < -0.4 is 5.43 Å². The van der Waals surface area contributed by atoms with Gasteiger partial charge >= 0.3 is 6.18 Å². The summed E-state index contributed by atoms with van der Waals surface area (Å²) in [6, 6.07) is 7.88. The highest BCUT2D eigenvalue weighted by molar-refractivity contribution is 5.43. The average molecular weight is 293 g/mol. The molecule has 2 rings (SSSR count). The zero-order valence-electron chi connectivity index (χ0n) is 11.0. The van der Waals surface area contributed by atoms with E-state index in [1.165, 1.54) is 31.2 Å². The fourth-order valence-corrected chi connectivity index (χ4v) is 1.92. The van der Waals surface area contributed by atoms with E-state index in [0.29, 0.717) is 0 Å². The Labute approximate surface area is 118 Å². The molecule has 0 unspecified atom stereocenters. The molecule has 0 saturated heterocycles. The van der Waals surface area contributed by atoms with Gasteiger partial charge in [-0.2, -0.15) is 23.5 Å². The SMILES string of the molecule is Cc1cc(=O)c(CC#N)nn1-c1ccccc1C(F)(F)F. The van der Waals surface area contributed by atoms with Crippen molar-refractivity contribution in [2.24, 2.45) is 0 Å². The van der Waals surface area contributed by atoms with Gasteiger partial charge in [0.1, 0.15) is 5.69 Å². The summed E-state index contributed by atoms with van der Waals surface area (Å²) in [7, 11) is 0. The van der Waals surface area contributed by atoms with E-state index in [1.54, 1.807) is 6.07 Å². The number of hydrogen-bond donors (Lipinski definition) is 0. The van der Waals surface area contributed by atoms with Crippen LogP contribution in [0.5, 0.6) is 0 Å². The molecule has 0 saturated carbocycles. The summed E-state index contributed by atoms with van der Waals surface area (Å²) in [6.45, 7) is 1.48. The molecule has 0 bridgehead atoms. The maximum Gasteiger partial charge on any atom is 0.418 e. The molecule has 0 aliphatic heterocycles. The van der Waals surface area contributed by atoms with Crippen LogP contribution in [0, 0.1) is 18.3 Å². The average Bonchev–Trinajstić information content (AvgIpc) is 2.41. The Morgan fingerprint density at radius 1 is 1.33 bits per heavy atom. The number of alkyl halides is 3. The summed E-state index contributed by atoms with van der Waals surface area (Å²) in [4.78, 5) is 11.6. The van der Waals surface area contributed by atoms with Crippen molar-refractivity contribution in [3.63, 3.8) is 0 Å². The van der Waals surface area contributed by atoms with Gasteiger partial charge in [0.15, 0.2) is 0 Å². The van der Waals surface area contributed by atoms with Gasteiger partial charge in [0.05, 0.1) is 23.7 Å². The summed E-state index contributed by atoms with van der Waals surface area (Å²) in [5, 5.41) is 12.5. The normalized spacial score (nSPS) is 11.2. The van der Waals surface area contributed by atoms with E-state index in [1.807, 2.05) is 0 Å². The molecule has 1 aromatic carbocycles. The van der Waals surface area contributed by atoms with E-state index in [2.05, 4.69) is 5.10 Å². The second-order valence-electron chi connectivity index (χ2n) is 4.36. The number of aromatic nitrogens is 2. The third-order valence-corrected chi connectivity index (χ3v) is 2.86. The lowest BCUT2D eigenvalue weighted by Crippen LogP contribution is -2.20. The molecular formula is C14H10F3N3O. The highest BCUT2D eigenvalue weighted by atomic mass is 19.4. The molecule has 1 aromatic heterocycles.